The van der Waals surface area contributed by atoms with E-state index < -0.39 is 29.0 Å². The number of ether oxygens (including phenoxy) is 1. The van der Waals surface area contributed by atoms with Gasteiger partial charge in [-0.1, -0.05) is 39.0 Å². The van der Waals surface area contributed by atoms with Crippen LogP contribution < -0.4 is 5.73 Å². The van der Waals surface area contributed by atoms with E-state index in [-0.39, 0.29) is 35.5 Å². The largest absolute Gasteiger partial charge is 0.460 e. The third-order valence-corrected chi connectivity index (χ3v) is 11.5. The SMILES string of the molecule is C=C[C@]1(C)C[C@@H](OC(=O)Cn2cc(CCn3cnc4c(N)ncnc43)nn2)[C@]2(C)[C@H](C)CC[C@]3(CCC(=O)[C@@H]32)[C@@H](C)[C@@H]1O. The van der Waals surface area contributed by atoms with E-state index in [1.165, 1.54) is 11.0 Å². The monoisotopic (exact) mass is 590 g/mol. The standard InChI is InChI=1S/C31H42N8O4/c1-6-29(4)13-22(30(5)18(2)7-10-31(19(3)26(29)42)11-8-21(40)25(30)31)43-23(41)15-39-14-20(36-37-39)9-12-38-17-35-24-27(32)33-16-34-28(24)38/h6,14,16-19,22,25-26,42H,1,7-13,15H2,2-5H3,(H2,32,33,34)/t18-,19+,22-,25-,26+,29-,30+,31+/m1/s1. The minimum Gasteiger partial charge on any atom is -0.460 e. The minimum absolute atomic E-state index is 0.0749. The highest BCUT2D eigenvalue weighted by Gasteiger charge is 2.68. The maximum absolute atomic E-state index is 13.6. The van der Waals surface area contributed by atoms with Crippen LogP contribution in [0.25, 0.3) is 11.2 Å². The summed E-state index contributed by atoms with van der Waals surface area (Å²) in [4.78, 5) is 39.6. The van der Waals surface area contributed by atoms with Gasteiger partial charge in [-0.15, -0.1) is 11.7 Å². The highest BCUT2D eigenvalue weighted by molar-refractivity contribution is 5.86. The van der Waals surface area contributed by atoms with Crippen molar-refractivity contribution < 1.29 is 19.4 Å². The number of hydrogen-bond donors (Lipinski definition) is 2. The van der Waals surface area contributed by atoms with Crippen LogP contribution in [0.3, 0.4) is 0 Å². The number of ketones is 1. The molecule has 0 unspecified atom stereocenters. The van der Waals surface area contributed by atoms with Crippen LogP contribution in [0.5, 0.6) is 0 Å². The molecule has 2 bridgehead atoms. The summed E-state index contributed by atoms with van der Waals surface area (Å²) < 4.78 is 9.69. The maximum atomic E-state index is 13.6. The Hall–Kier alpha value is -3.67. The number of Topliss-reactive ketones (excluding diaryl/α,β-unsaturated/α-hetero) is 1. The number of carbonyl (C=O) groups is 2. The summed E-state index contributed by atoms with van der Waals surface area (Å²) in [5.74, 6) is -0.0577. The molecule has 3 N–H and O–H groups in total. The quantitative estimate of drug-likeness (QED) is 0.309. The number of fused-ring (bicyclic) bond motifs is 1. The van der Waals surface area contributed by atoms with E-state index in [1.807, 2.05) is 11.5 Å². The first-order valence-electron chi connectivity index (χ1n) is 15.3. The van der Waals surface area contributed by atoms with Gasteiger partial charge in [0.25, 0.3) is 0 Å². The average Bonchev–Trinajstić information content (AvgIpc) is 3.70. The molecule has 3 aromatic heterocycles. The first kappa shape index (κ1) is 29.4. The number of hydrogen-bond acceptors (Lipinski definition) is 10. The minimum atomic E-state index is -0.703. The molecule has 12 heteroatoms. The maximum Gasteiger partial charge on any atom is 0.328 e. The Kier molecular flexibility index (Phi) is 7.18. The molecule has 230 valence electrons. The van der Waals surface area contributed by atoms with Crippen molar-refractivity contribution in [2.45, 2.75) is 91.5 Å². The van der Waals surface area contributed by atoms with E-state index in [1.54, 1.807) is 18.6 Å². The summed E-state index contributed by atoms with van der Waals surface area (Å²) >= 11 is 0. The summed E-state index contributed by atoms with van der Waals surface area (Å²) in [6, 6.07) is 0. The zero-order valence-corrected chi connectivity index (χ0v) is 25.4. The normalized spacial score (nSPS) is 35.7. The number of nitrogen functional groups attached to an aromatic ring is 1. The summed E-state index contributed by atoms with van der Waals surface area (Å²) in [6.45, 7) is 12.9. The molecule has 3 fully saturated rings. The van der Waals surface area contributed by atoms with Crippen molar-refractivity contribution in [2.75, 3.05) is 5.73 Å². The van der Waals surface area contributed by atoms with Gasteiger partial charge in [0.2, 0.25) is 0 Å². The predicted octanol–water partition coefficient (Wildman–Crippen LogP) is 3.15. The molecule has 43 heavy (non-hydrogen) atoms. The highest BCUT2D eigenvalue weighted by atomic mass is 16.5. The lowest BCUT2D eigenvalue weighted by Crippen LogP contribution is -2.63. The molecule has 3 aromatic rings. The number of aliphatic hydroxyl groups is 1. The van der Waals surface area contributed by atoms with Crippen molar-refractivity contribution in [3.05, 3.63) is 37.2 Å². The Morgan fingerprint density at radius 3 is 2.81 bits per heavy atom. The van der Waals surface area contributed by atoms with Crippen molar-refractivity contribution in [3.8, 4) is 0 Å². The predicted molar refractivity (Wildman–Crippen MR) is 158 cm³/mol. The third kappa shape index (κ3) is 4.56. The van der Waals surface area contributed by atoms with E-state index >= 15 is 0 Å². The Labute approximate surface area is 251 Å². The molecule has 0 saturated heterocycles. The van der Waals surface area contributed by atoms with Crippen LogP contribution in [-0.2, 0) is 33.8 Å². The molecule has 3 heterocycles. The fraction of sp³-hybridized carbons (Fsp3) is 0.645. The summed E-state index contributed by atoms with van der Waals surface area (Å²) in [7, 11) is 0. The number of rotatable bonds is 7. The molecule has 0 radical (unpaired) electrons. The second kappa shape index (κ2) is 10.5. The number of carbonyl (C=O) groups excluding carboxylic acids is 2. The smallest absolute Gasteiger partial charge is 0.328 e. The van der Waals surface area contributed by atoms with Gasteiger partial charge in [-0.25, -0.2) is 19.6 Å². The molecule has 0 aromatic carbocycles. The Morgan fingerprint density at radius 2 is 2.05 bits per heavy atom. The van der Waals surface area contributed by atoms with Gasteiger partial charge in [0.1, 0.15) is 30.3 Å². The second-order valence-electron chi connectivity index (χ2n) is 13.6. The molecular weight excluding hydrogens is 548 g/mol. The van der Waals surface area contributed by atoms with E-state index in [0.717, 1.165) is 19.3 Å². The number of anilines is 1. The topological polar surface area (TPSA) is 164 Å². The van der Waals surface area contributed by atoms with Gasteiger partial charge in [-0.3, -0.25) is 9.59 Å². The third-order valence-electron chi connectivity index (χ3n) is 11.5. The van der Waals surface area contributed by atoms with Gasteiger partial charge in [0, 0.05) is 42.3 Å². The number of nitrogens with zero attached hydrogens (tertiary/aromatic N) is 7. The van der Waals surface area contributed by atoms with E-state index in [4.69, 9.17) is 10.5 Å². The van der Waals surface area contributed by atoms with Crippen LogP contribution >= 0.6 is 0 Å². The number of imidazole rings is 1. The Bertz CT molecular complexity index is 1570. The second-order valence-corrected chi connectivity index (χ2v) is 13.6. The van der Waals surface area contributed by atoms with Gasteiger partial charge >= 0.3 is 5.97 Å². The van der Waals surface area contributed by atoms with E-state index in [2.05, 4.69) is 52.6 Å². The number of esters is 1. The van der Waals surface area contributed by atoms with Crippen molar-refractivity contribution >= 4 is 28.7 Å². The van der Waals surface area contributed by atoms with Crippen LogP contribution in [0.15, 0.2) is 31.5 Å². The zero-order chi connectivity index (χ0) is 30.7. The van der Waals surface area contributed by atoms with Crippen molar-refractivity contribution in [2.24, 2.45) is 34.0 Å². The lowest BCUT2D eigenvalue weighted by Gasteiger charge is -2.61. The van der Waals surface area contributed by atoms with Crippen LogP contribution in [0.2, 0.25) is 0 Å². The average molecular weight is 591 g/mol. The molecule has 12 nitrogen and oxygen atoms in total. The Balaban J connectivity index is 1.21. The van der Waals surface area contributed by atoms with Crippen LogP contribution in [0.4, 0.5) is 5.82 Å². The van der Waals surface area contributed by atoms with Crippen LogP contribution in [-0.4, -0.2) is 63.6 Å². The summed E-state index contributed by atoms with van der Waals surface area (Å²) in [5, 5.41) is 20.1. The van der Waals surface area contributed by atoms with Gasteiger partial charge in [-0.05, 0) is 42.9 Å². The molecular formula is C31H42N8O4. The number of aromatic nitrogens is 7. The number of aliphatic hydroxyl groups excluding tert-OH is 1. The molecule has 0 amide bonds. The number of nitrogens with two attached hydrogens (primary N) is 1. The molecule has 6 rings (SSSR count). The van der Waals surface area contributed by atoms with Crippen molar-refractivity contribution in [3.63, 3.8) is 0 Å². The lowest BCUT2D eigenvalue weighted by molar-refractivity contribution is -0.207. The van der Waals surface area contributed by atoms with E-state index in [9.17, 15) is 14.7 Å². The summed E-state index contributed by atoms with van der Waals surface area (Å²) in [6.07, 6.45) is 9.36. The highest BCUT2D eigenvalue weighted by Crippen LogP contribution is 2.68. The van der Waals surface area contributed by atoms with Crippen molar-refractivity contribution in [1.82, 2.24) is 34.5 Å². The Morgan fingerprint density at radius 1 is 1.26 bits per heavy atom. The van der Waals surface area contributed by atoms with E-state index in [0.29, 0.717) is 48.5 Å². The first-order chi connectivity index (χ1) is 20.4. The molecule has 3 saturated carbocycles. The number of aryl methyl sites for hydroxylation is 2. The van der Waals surface area contributed by atoms with Crippen LogP contribution in [0.1, 0.15) is 65.5 Å². The molecule has 0 spiro atoms. The van der Waals surface area contributed by atoms with Gasteiger partial charge in [-0.2, -0.15) is 0 Å². The molecule has 3 aliphatic carbocycles. The first-order valence-corrected chi connectivity index (χ1v) is 15.3. The fourth-order valence-electron chi connectivity index (χ4n) is 8.66. The zero-order valence-electron chi connectivity index (χ0n) is 25.4. The van der Waals surface area contributed by atoms with Gasteiger partial charge in [0.05, 0.1) is 18.1 Å². The molecule has 0 aliphatic heterocycles. The molecule has 3 aliphatic rings. The van der Waals surface area contributed by atoms with Gasteiger partial charge in [0.15, 0.2) is 11.5 Å². The lowest BCUT2D eigenvalue weighted by atomic mass is 9.44. The fourth-order valence-corrected chi connectivity index (χ4v) is 8.66. The van der Waals surface area contributed by atoms with Gasteiger partial charge < -0.3 is 20.1 Å². The summed E-state index contributed by atoms with van der Waals surface area (Å²) in [5.41, 5.74) is 6.23. The van der Waals surface area contributed by atoms with Crippen LogP contribution in [0, 0.1) is 34.0 Å². The van der Waals surface area contributed by atoms with Crippen molar-refractivity contribution in [1.29, 1.82) is 0 Å². The molecule has 8 atom stereocenters.